The third kappa shape index (κ3) is 4.19. The molecule has 2 aromatic carbocycles. The van der Waals surface area contributed by atoms with Crippen molar-refractivity contribution in [2.24, 2.45) is 0 Å². The fourth-order valence-corrected chi connectivity index (χ4v) is 4.34. The van der Waals surface area contributed by atoms with Gasteiger partial charge in [0.1, 0.15) is 11.9 Å². The molecule has 31 heavy (non-hydrogen) atoms. The Morgan fingerprint density at radius 3 is 2.32 bits per heavy atom. The Kier molecular flexibility index (Phi) is 5.79. The monoisotopic (exact) mass is 422 g/mol. The summed E-state index contributed by atoms with van der Waals surface area (Å²) in [6.07, 6.45) is 0. The van der Waals surface area contributed by atoms with E-state index in [0.29, 0.717) is 11.4 Å². The molecule has 0 radical (unpaired) electrons. The highest BCUT2D eigenvalue weighted by molar-refractivity contribution is 5.56. The normalized spacial score (nSPS) is 16.5. The van der Waals surface area contributed by atoms with E-state index in [9.17, 15) is 4.39 Å². The van der Waals surface area contributed by atoms with Crippen LogP contribution < -0.4 is 4.90 Å². The van der Waals surface area contributed by atoms with E-state index in [2.05, 4.69) is 78.1 Å². The molecule has 1 aliphatic heterocycles. The second-order valence-corrected chi connectivity index (χ2v) is 9.29. The number of aryl methyl sites for hydroxylation is 1. The number of aromatic nitrogens is 4. The van der Waals surface area contributed by atoms with Crippen molar-refractivity contribution >= 4 is 5.69 Å². The average molecular weight is 423 g/mol. The number of anilines is 1. The fraction of sp³-hybridized carbons (Fsp3) is 0.458. The predicted octanol–water partition coefficient (Wildman–Crippen LogP) is 4.10. The molecule has 0 bridgehead atoms. The van der Waals surface area contributed by atoms with E-state index in [1.54, 1.807) is 6.07 Å². The largest absolute Gasteiger partial charge is 0.369 e. The minimum atomic E-state index is -0.337. The van der Waals surface area contributed by atoms with Crippen molar-refractivity contribution in [3.8, 4) is 0 Å². The van der Waals surface area contributed by atoms with Gasteiger partial charge in [-0.3, -0.25) is 4.90 Å². The minimum Gasteiger partial charge on any atom is -0.369 e. The molecule has 0 N–H and O–H groups in total. The zero-order chi connectivity index (χ0) is 22.2. The molecule has 1 saturated heterocycles. The smallest absolute Gasteiger partial charge is 0.173 e. The van der Waals surface area contributed by atoms with E-state index >= 15 is 0 Å². The van der Waals surface area contributed by atoms with E-state index < -0.39 is 0 Å². The van der Waals surface area contributed by atoms with Crippen molar-refractivity contribution in [3.63, 3.8) is 0 Å². The molecule has 1 aliphatic rings. The van der Waals surface area contributed by atoms with Crippen LogP contribution in [0.25, 0.3) is 0 Å². The third-order valence-electron chi connectivity index (χ3n) is 6.17. The van der Waals surface area contributed by atoms with Crippen molar-refractivity contribution in [1.82, 2.24) is 25.1 Å². The van der Waals surface area contributed by atoms with Crippen molar-refractivity contribution in [1.29, 1.82) is 0 Å². The highest BCUT2D eigenvalue weighted by atomic mass is 19.1. The van der Waals surface area contributed by atoms with E-state index in [0.717, 1.165) is 26.2 Å². The molecular weight excluding hydrogens is 391 g/mol. The van der Waals surface area contributed by atoms with Crippen molar-refractivity contribution in [2.75, 3.05) is 31.1 Å². The fourth-order valence-electron chi connectivity index (χ4n) is 4.34. The van der Waals surface area contributed by atoms with Crippen LogP contribution in [0.1, 0.15) is 49.3 Å². The van der Waals surface area contributed by atoms with E-state index in [-0.39, 0.29) is 17.4 Å². The van der Waals surface area contributed by atoms with Crippen LogP contribution in [-0.2, 0) is 5.54 Å². The summed E-state index contributed by atoms with van der Waals surface area (Å²) in [5.74, 6) is 0.450. The minimum absolute atomic E-state index is 0.229. The number of benzene rings is 2. The lowest BCUT2D eigenvalue weighted by Crippen LogP contribution is -2.49. The second kappa shape index (κ2) is 8.38. The summed E-state index contributed by atoms with van der Waals surface area (Å²) in [6.45, 7) is 13.8. The molecule has 0 saturated carbocycles. The number of halogens is 1. The maximum atomic E-state index is 14.9. The van der Waals surface area contributed by atoms with Gasteiger partial charge in [0.05, 0.1) is 5.54 Å². The van der Waals surface area contributed by atoms with Gasteiger partial charge in [0, 0.05) is 37.4 Å². The summed E-state index contributed by atoms with van der Waals surface area (Å²) in [5.41, 5.74) is 4.21. The first-order valence-electron chi connectivity index (χ1n) is 10.9. The molecule has 0 spiro atoms. The summed E-state index contributed by atoms with van der Waals surface area (Å²) < 4.78 is 16.8. The Bertz CT molecular complexity index is 1050. The molecule has 164 valence electrons. The highest BCUT2D eigenvalue weighted by Crippen LogP contribution is 2.33. The number of nitrogens with zero attached hydrogens (tertiary/aromatic N) is 6. The first kappa shape index (κ1) is 21.4. The van der Waals surface area contributed by atoms with Gasteiger partial charge < -0.3 is 4.90 Å². The number of hydrogen-bond acceptors (Lipinski definition) is 5. The Morgan fingerprint density at radius 2 is 1.65 bits per heavy atom. The van der Waals surface area contributed by atoms with Crippen LogP contribution in [-0.4, -0.2) is 51.3 Å². The molecule has 2 heterocycles. The maximum absolute atomic E-state index is 14.9. The van der Waals surface area contributed by atoms with Gasteiger partial charge in [-0.2, -0.15) is 0 Å². The van der Waals surface area contributed by atoms with Crippen molar-refractivity contribution in [3.05, 3.63) is 70.8 Å². The average Bonchev–Trinajstić information content (AvgIpc) is 3.22. The van der Waals surface area contributed by atoms with E-state index in [1.807, 2.05) is 16.8 Å². The van der Waals surface area contributed by atoms with Gasteiger partial charge in [-0.25, -0.2) is 9.07 Å². The zero-order valence-corrected chi connectivity index (χ0v) is 19.0. The Labute approximate surface area is 183 Å². The van der Waals surface area contributed by atoms with Gasteiger partial charge in [-0.05, 0) is 68.3 Å². The van der Waals surface area contributed by atoms with Gasteiger partial charge in [-0.1, -0.05) is 30.3 Å². The topological polar surface area (TPSA) is 50.1 Å². The molecule has 3 aromatic rings. The SMILES string of the molecule is Cc1cccc(N2CCN(C(c3ccccc3F)c3nnnn3C(C)(C)C)CC2)c1C. The van der Waals surface area contributed by atoms with Crippen LogP contribution in [0.15, 0.2) is 42.5 Å². The molecule has 1 unspecified atom stereocenters. The summed E-state index contributed by atoms with van der Waals surface area (Å²) >= 11 is 0. The number of piperazine rings is 1. The standard InChI is InChI=1S/C24H31FN6/c1-17-9-8-12-21(18(17)2)29-13-15-30(16-14-29)22(19-10-6-7-11-20(19)25)23-26-27-28-31(23)24(3,4)5/h6-12,22H,13-16H2,1-5H3. The van der Waals surface area contributed by atoms with Crippen molar-refractivity contribution in [2.45, 2.75) is 46.2 Å². The Morgan fingerprint density at radius 1 is 0.935 bits per heavy atom. The quantitative estimate of drug-likeness (QED) is 0.634. The third-order valence-corrected chi connectivity index (χ3v) is 6.17. The van der Waals surface area contributed by atoms with Crippen LogP contribution in [0, 0.1) is 19.7 Å². The lowest BCUT2D eigenvalue weighted by Gasteiger charge is -2.41. The van der Waals surface area contributed by atoms with Gasteiger partial charge in [0.15, 0.2) is 5.82 Å². The number of hydrogen-bond donors (Lipinski definition) is 0. The molecule has 6 nitrogen and oxygen atoms in total. The maximum Gasteiger partial charge on any atom is 0.173 e. The van der Waals surface area contributed by atoms with Crippen LogP contribution in [0.4, 0.5) is 10.1 Å². The number of tetrazole rings is 1. The molecule has 0 amide bonds. The van der Waals surface area contributed by atoms with Crippen molar-refractivity contribution < 1.29 is 4.39 Å². The van der Waals surface area contributed by atoms with Crippen LogP contribution in [0.3, 0.4) is 0 Å². The van der Waals surface area contributed by atoms with E-state index in [4.69, 9.17) is 0 Å². The van der Waals surface area contributed by atoms with Crippen LogP contribution in [0.2, 0.25) is 0 Å². The lowest BCUT2D eigenvalue weighted by molar-refractivity contribution is 0.188. The second-order valence-electron chi connectivity index (χ2n) is 9.29. The molecule has 1 atom stereocenters. The summed E-state index contributed by atoms with van der Waals surface area (Å²) in [7, 11) is 0. The number of rotatable bonds is 4. The summed E-state index contributed by atoms with van der Waals surface area (Å²) in [4.78, 5) is 4.72. The zero-order valence-electron chi connectivity index (χ0n) is 19.0. The van der Waals surface area contributed by atoms with Crippen LogP contribution >= 0.6 is 0 Å². The molecular formula is C24H31FN6. The highest BCUT2D eigenvalue weighted by Gasteiger charge is 2.34. The van der Waals surface area contributed by atoms with Gasteiger partial charge in [0.25, 0.3) is 0 Å². The first-order valence-corrected chi connectivity index (χ1v) is 10.9. The molecule has 1 fully saturated rings. The van der Waals surface area contributed by atoms with E-state index in [1.165, 1.54) is 22.9 Å². The summed E-state index contributed by atoms with van der Waals surface area (Å²) in [5, 5.41) is 12.5. The predicted molar refractivity (Wildman–Crippen MR) is 121 cm³/mol. The van der Waals surface area contributed by atoms with Gasteiger partial charge >= 0.3 is 0 Å². The lowest BCUT2D eigenvalue weighted by atomic mass is 10.0. The first-order chi connectivity index (χ1) is 14.8. The van der Waals surface area contributed by atoms with Gasteiger partial charge in [-0.15, -0.1) is 5.10 Å². The molecule has 1 aromatic heterocycles. The molecule has 0 aliphatic carbocycles. The van der Waals surface area contributed by atoms with Crippen LogP contribution in [0.5, 0.6) is 0 Å². The van der Waals surface area contributed by atoms with Gasteiger partial charge in [0.2, 0.25) is 0 Å². The molecule has 7 heteroatoms. The Balaban J connectivity index is 1.66. The Hall–Kier alpha value is -2.80. The molecule has 4 rings (SSSR count). The summed E-state index contributed by atoms with van der Waals surface area (Å²) in [6, 6.07) is 13.1.